The van der Waals surface area contributed by atoms with Gasteiger partial charge in [0.2, 0.25) is 0 Å². The largest absolute Gasteiger partial charge is 0.352 e. The van der Waals surface area contributed by atoms with Crippen LogP contribution in [0.5, 0.6) is 0 Å². The fourth-order valence-electron chi connectivity index (χ4n) is 2.33. The Morgan fingerprint density at radius 1 is 1.12 bits per heavy atom. The van der Waals surface area contributed by atoms with E-state index in [1.165, 1.54) is 49.5 Å². The molecular formula is C18H22N2O4S. The first-order valence-corrected chi connectivity index (χ1v) is 9.26. The lowest BCUT2D eigenvalue weighted by Crippen LogP contribution is -2.27. The van der Waals surface area contributed by atoms with Crippen molar-refractivity contribution in [3.05, 3.63) is 65.2 Å². The molecule has 25 heavy (non-hydrogen) atoms. The first-order valence-electron chi connectivity index (χ1n) is 7.82. The van der Waals surface area contributed by atoms with Gasteiger partial charge in [-0.1, -0.05) is 28.7 Å². The summed E-state index contributed by atoms with van der Waals surface area (Å²) in [6, 6.07) is 13.8. The Morgan fingerprint density at radius 3 is 2.36 bits per heavy atom. The highest BCUT2D eigenvalue weighted by Gasteiger charge is 2.20. The molecule has 2 aromatic rings. The number of carbonyl (C=O) groups is 1. The zero-order valence-corrected chi connectivity index (χ0v) is 15.3. The number of carbonyl (C=O) groups excluding carboxylic acids is 1. The van der Waals surface area contributed by atoms with Crippen molar-refractivity contribution < 1.29 is 18.0 Å². The Balaban J connectivity index is 1.98. The molecule has 7 heteroatoms. The van der Waals surface area contributed by atoms with Gasteiger partial charge in [0.1, 0.15) is 0 Å². The number of benzene rings is 2. The molecule has 0 heterocycles. The Bertz CT molecular complexity index is 832. The van der Waals surface area contributed by atoms with Gasteiger partial charge in [-0.3, -0.25) is 9.63 Å². The van der Waals surface area contributed by atoms with E-state index in [2.05, 4.69) is 5.32 Å². The quantitative estimate of drug-likeness (QED) is 0.766. The van der Waals surface area contributed by atoms with Gasteiger partial charge in [-0.15, -0.1) is 0 Å². The monoisotopic (exact) mass is 362 g/mol. The van der Waals surface area contributed by atoms with Gasteiger partial charge in [-0.05, 0) is 48.7 Å². The Labute approximate surface area is 148 Å². The van der Waals surface area contributed by atoms with Crippen LogP contribution in [-0.4, -0.2) is 39.5 Å². The van der Waals surface area contributed by atoms with Crippen molar-refractivity contribution in [1.29, 1.82) is 0 Å². The van der Waals surface area contributed by atoms with Gasteiger partial charge in [0.25, 0.3) is 15.9 Å². The normalized spacial score (nSPS) is 11.5. The predicted octanol–water partition coefficient (Wildman–Crippen LogP) is 2.15. The maximum Gasteiger partial charge on any atom is 0.264 e. The molecule has 0 bridgehead atoms. The molecule has 2 aromatic carbocycles. The van der Waals surface area contributed by atoms with E-state index in [1.807, 2.05) is 31.2 Å². The molecule has 0 atom stereocenters. The second kappa shape index (κ2) is 8.24. The highest BCUT2D eigenvalue weighted by atomic mass is 32.2. The van der Waals surface area contributed by atoms with Crippen LogP contribution in [0.1, 0.15) is 21.5 Å². The van der Waals surface area contributed by atoms with Gasteiger partial charge in [0, 0.05) is 19.2 Å². The van der Waals surface area contributed by atoms with E-state index in [4.69, 9.17) is 4.84 Å². The van der Waals surface area contributed by atoms with Gasteiger partial charge < -0.3 is 5.32 Å². The van der Waals surface area contributed by atoms with Crippen molar-refractivity contribution in [1.82, 2.24) is 9.79 Å². The van der Waals surface area contributed by atoms with E-state index in [-0.39, 0.29) is 10.8 Å². The van der Waals surface area contributed by atoms with Crippen LogP contribution in [0.15, 0.2) is 53.4 Å². The molecule has 0 aromatic heterocycles. The van der Waals surface area contributed by atoms with Crippen molar-refractivity contribution in [3.63, 3.8) is 0 Å². The van der Waals surface area contributed by atoms with Gasteiger partial charge >= 0.3 is 0 Å². The lowest BCUT2D eigenvalue weighted by molar-refractivity contribution is -0.0258. The van der Waals surface area contributed by atoms with Crippen LogP contribution in [-0.2, 0) is 21.3 Å². The standard InChI is InChI=1S/C18H22N2O4S/c1-14-6-4-5-7-15(14)12-13-19-18(21)16-8-10-17(11-9-16)25(22,23)20(2)24-3/h4-11H,12-13H2,1-3H3,(H,19,21). The van der Waals surface area contributed by atoms with Crippen LogP contribution in [0.3, 0.4) is 0 Å². The fourth-order valence-corrected chi connectivity index (χ4v) is 3.30. The minimum Gasteiger partial charge on any atom is -0.352 e. The molecule has 6 nitrogen and oxygen atoms in total. The maximum atomic E-state index is 12.2. The molecule has 0 aliphatic carbocycles. The fraction of sp³-hybridized carbons (Fsp3) is 0.278. The third-order valence-corrected chi connectivity index (χ3v) is 5.65. The SMILES string of the molecule is CON(C)S(=O)(=O)c1ccc(C(=O)NCCc2ccccc2C)cc1. The number of nitrogens with zero attached hydrogens (tertiary/aromatic N) is 1. The van der Waals surface area contributed by atoms with Gasteiger partial charge in [0.15, 0.2) is 0 Å². The molecule has 0 saturated carbocycles. The van der Waals surface area contributed by atoms with Crippen LogP contribution in [0.4, 0.5) is 0 Å². The molecule has 1 N–H and O–H groups in total. The van der Waals surface area contributed by atoms with E-state index in [1.54, 1.807) is 0 Å². The van der Waals surface area contributed by atoms with Crippen LogP contribution in [0.2, 0.25) is 0 Å². The molecule has 0 radical (unpaired) electrons. The summed E-state index contributed by atoms with van der Waals surface area (Å²) in [7, 11) is -1.13. The van der Waals surface area contributed by atoms with Crippen molar-refractivity contribution >= 4 is 15.9 Å². The number of hydroxylamine groups is 1. The first kappa shape index (κ1) is 19.1. The number of nitrogens with one attached hydrogen (secondary N) is 1. The molecule has 0 aliphatic rings. The van der Waals surface area contributed by atoms with Crippen molar-refractivity contribution in [2.75, 3.05) is 20.7 Å². The Kier molecular flexibility index (Phi) is 6.30. The highest BCUT2D eigenvalue weighted by molar-refractivity contribution is 7.89. The molecule has 0 aliphatic heterocycles. The van der Waals surface area contributed by atoms with Gasteiger partial charge in [-0.2, -0.15) is 0 Å². The summed E-state index contributed by atoms with van der Waals surface area (Å²) in [4.78, 5) is 17.0. The van der Waals surface area contributed by atoms with E-state index >= 15 is 0 Å². The number of sulfonamides is 1. The summed E-state index contributed by atoms with van der Waals surface area (Å²) < 4.78 is 25.0. The van der Waals surface area contributed by atoms with Crippen molar-refractivity contribution in [3.8, 4) is 0 Å². The summed E-state index contributed by atoms with van der Waals surface area (Å²) in [6.45, 7) is 2.55. The van der Waals surface area contributed by atoms with Crippen LogP contribution < -0.4 is 5.32 Å². The molecule has 1 amide bonds. The molecule has 0 unspecified atom stereocenters. The summed E-state index contributed by atoms with van der Waals surface area (Å²) in [5.41, 5.74) is 2.78. The smallest absolute Gasteiger partial charge is 0.264 e. The molecule has 0 fully saturated rings. The molecule has 0 spiro atoms. The summed E-state index contributed by atoms with van der Waals surface area (Å²) in [6.07, 6.45) is 0.740. The van der Waals surface area contributed by atoms with E-state index < -0.39 is 10.0 Å². The van der Waals surface area contributed by atoms with Gasteiger partial charge in [-0.25, -0.2) is 8.42 Å². The predicted molar refractivity (Wildman–Crippen MR) is 95.6 cm³/mol. The highest BCUT2D eigenvalue weighted by Crippen LogP contribution is 2.15. The molecule has 134 valence electrons. The number of aryl methyl sites for hydroxylation is 1. The zero-order chi connectivity index (χ0) is 18.4. The maximum absolute atomic E-state index is 12.2. The third kappa shape index (κ3) is 4.66. The minimum absolute atomic E-state index is 0.0633. The first-order chi connectivity index (χ1) is 11.9. The topological polar surface area (TPSA) is 75.7 Å². The Morgan fingerprint density at radius 2 is 1.76 bits per heavy atom. The van der Waals surface area contributed by atoms with E-state index in [9.17, 15) is 13.2 Å². The van der Waals surface area contributed by atoms with Crippen LogP contribution >= 0.6 is 0 Å². The molecule has 2 rings (SSSR count). The average molecular weight is 362 g/mol. The van der Waals surface area contributed by atoms with Crippen LogP contribution in [0.25, 0.3) is 0 Å². The Hall–Kier alpha value is -2.22. The molecular weight excluding hydrogens is 340 g/mol. The lowest BCUT2D eigenvalue weighted by atomic mass is 10.1. The third-order valence-electron chi connectivity index (χ3n) is 3.95. The summed E-state index contributed by atoms with van der Waals surface area (Å²) in [5.74, 6) is -0.238. The number of rotatable bonds is 7. The van der Waals surface area contributed by atoms with Crippen molar-refractivity contribution in [2.45, 2.75) is 18.2 Å². The van der Waals surface area contributed by atoms with Crippen LogP contribution in [0, 0.1) is 6.92 Å². The van der Waals surface area contributed by atoms with E-state index in [0.29, 0.717) is 12.1 Å². The summed E-state index contributed by atoms with van der Waals surface area (Å²) >= 11 is 0. The number of hydrogen-bond donors (Lipinski definition) is 1. The number of amides is 1. The molecule has 0 saturated heterocycles. The van der Waals surface area contributed by atoms with Gasteiger partial charge in [0.05, 0.1) is 12.0 Å². The average Bonchev–Trinajstić information content (AvgIpc) is 2.62. The summed E-state index contributed by atoms with van der Waals surface area (Å²) in [5, 5.41) is 2.84. The second-order valence-corrected chi connectivity index (χ2v) is 7.49. The van der Waals surface area contributed by atoms with E-state index in [0.717, 1.165) is 10.9 Å². The second-order valence-electron chi connectivity index (χ2n) is 5.55. The minimum atomic E-state index is -3.71. The number of hydrogen-bond acceptors (Lipinski definition) is 4. The zero-order valence-electron chi connectivity index (χ0n) is 14.5. The lowest BCUT2D eigenvalue weighted by Gasteiger charge is -2.14. The van der Waals surface area contributed by atoms with Crippen molar-refractivity contribution in [2.24, 2.45) is 0 Å².